The molecule has 4 heteroatoms. The topological polar surface area (TPSA) is 52.4 Å². The van der Waals surface area contributed by atoms with Crippen LogP contribution in [0.5, 0.6) is 5.75 Å². The van der Waals surface area contributed by atoms with Gasteiger partial charge < -0.3 is 4.74 Å². The predicted octanol–water partition coefficient (Wildman–Crippen LogP) is 9.69. The molecule has 0 bridgehead atoms. The maximum Gasteiger partial charge on any atom is 0.269 e. The van der Waals surface area contributed by atoms with Crippen molar-refractivity contribution in [1.29, 1.82) is 0 Å². The lowest BCUT2D eigenvalue weighted by atomic mass is 9.47. The average Bonchev–Trinajstić information content (AvgIpc) is 3.22. The van der Waals surface area contributed by atoms with Crippen LogP contribution in [0.25, 0.3) is 0 Å². The molecule has 210 valence electrons. The van der Waals surface area contributed by atoms with Crippen molar-refractivity contribution in [3.8, 4) is 5.75 Å². The second-order valence-electron chi connectivity index (χ2n) is 14.5. The van der Waals surface area contributed by atoms with Gasteiger partial charge in [-0.05, 0) is 110 Å². The molecular formula is C34H51NO3. The second kappa shape index (κ2) is 10.6. The third kappa shape index (κ3) is 4.94. The zero-order valence-electron chi connectivity index (χ0n) is 24.8. The van der Waals surface area contributed by atoms with E-state index in [1.165, 1.54) is 57.8 Å². The lowest BCUT2D eigenvalue weighted by Gasteiger charge is -2.58. The van der Waals surface area contributed by atoms with Crippen LogP contribution < -0.4 is 4.74 Å². The van der Waals surface area contributed by atoms with Gasteiger partial charge in [-0.2, -0.15) is 0 Å². The smallest absolute Gasteiger partial charge is 0.269 e. The first-order chi connectivity index (χ1) is 18.0. The highest BCUT2D eigenvalue weighted by Crippen LogP contribution is 2.67. The van der Waals surface area contributed by atoms with Crippen LogP contribution in [0.4, 0.5) is 5.69 Å². The Morgan fingerprint density at radius 1 is 1.05 bits per heavy atom. The third-order valence-corrected chi connectivity index (χ3v) is 11.9. The van der Waals surface area contributed by atoms with Crippen molar-refractivity contribution in [3.63, 3.8) is 0 Å². The van der Waals surface area contributed by atoms with Crippen LogP contribution in [0.15, 0.2) is 29.8 Å². The number of hydrogen-bond donors (Lipinski definition) is 0. The molecule has 0 heterocycles. The summed E-state index contributed by atoms with van der Waals surface area (Å²) in [5, 5.41) is 11.1. The number of fused-ring (bicyclic) bond motifs is 5. The fourth-order valence-corrected chi connectivity index (χ4v) is 9.81. The molecule has 4 nitrogen and oxygen atoms in total. The Labute approximate surface area is 231 Å². The van der Waals surface area contributed by atoms with Gasteiger partial charge in [-0.15, -0.1) is 0 Å². The van der Waals surface area contributed by atoms with E-state index in [0.717, 1.165) is 59.7 Å². The quantitative estimate of drug-likeness (QED) is 0.194. The molecule has 8 atom stereocenters. The Hall–Kier alpha value is -1.84. The van der Waals surface area contributed by atoms with E-state index in [0.29, 0.717) is 10.8 Å². The summed E-state index contributed by atoms with van der Waals surface area (Å²) in [6.45, 7) is 14.5. The number of hydrogen-bond acceptors (Lipinski definition) is 3. The monoisotopic (exact) mass is 521 g/mol. The van der Waals surface area contributed by atoms with Crippen LogP contribution in [0.2, 0.25) is 0 Å². The number of non-ortho nitro benzene ring substituents is 1. The average molecular weight is 522 g/mol. The van der Waals surface area contributed by atoms with E-state index in [9.17, 15) is 10.1 Å². The Balaban J connectivity index is 1.26. The highest BCUT2D eigenvalue weighted by atomic mass is 16.6. The summed E-state index contributed by atoms with van der Waals surface area (Å²) in [4.78, 5) is 10.8. The van der Waals surface area contributed by atoms with Gasteiger partial charge in [-0.25, -0.2) is 0 Å². The summed E-state index contributed by atoms with van der Waals surface area (Å²) in [7, 11) is 0. The highest BCUT2D eigenvalue weighted by molar-refractivity contribution is 5.43. The van der Waals surface area contributed by atoms with Gasteiger partial charge in [0, 0.05) is 18.6 Å². The van der Waals surface area contributed by atoms with Crippen molar-refractivity contribution in [2.24, 2.45) is 46.3 Å². The van der Waals surface area contributed by atoms with Crippen LogP contribution in [-0.2, 0) is 0 Å². The molecule has 0 radical (unpaired) electrons. The van der Waals surface area contributed by atoms with E-state index in [2.05, 4.69) is 40.7 Å². The number of nitro groups is 1. The first-order valence-electron chi connectivity index (χ1n) is 15.6. The number of ether oxygens (including phenoxy) is 1. The molecule has 3 saturated carbocycles. The van der Waals surface area contributed by atoms with Crippen LogP contribution in [0, 0.1) is 63.4 Å². The number of rotatable bonds is 8. The molecule has 4 aliphatic carbocycles. The molecule has 0 aromatic heterocycles. The molecule has 38 heavy (non-hydrogen) atoms. The molecule has 4 aliphatic rings. The fraction of sp³-hybridized carbons (Fsp3) is 0.765. The number of aryl methyl sites for hydroxylation is 1. The summed E-state index contributed by atoms with van der Waals surface area (Å²) in [5.41, 5.74) is 3.47. The SMILES string of the molecule is Cc1cc([N+](=O)[O-])ccc1O[C@H]1CC[C@@]2(C)C(=CC[C@H]3[C@H]4CC[C@H]([C@H](C)CCCC(C)C)[C@@]4(C)CC[C@H]32)C1. The maximum absolute atomic E-state index is 11.1. The minimum absolute atomic E-state index is 0.135. The molecule has 3 fully saturated rings. The summed E-state index contributed by atoms with van der Waals surface area (Å²) < 4.78 is 6.46. The van der Waals surface area contributed by atoms with Gasteiger partial charge in [0.25, 0.3) is 5.69 Å². The molecule has 1 aromatic rings. The Morgan fingerprint density at radius 2 is 1.84 bits per heavy atom. The largest absolute Gasteiger partial charge is 0.490 e. The number of benzene rings is 1. The number of nitrogens with zero attached hydrogens (tertiary/aromatic N) is 1. The van der Waals surface area contributed by atoms with Crippen molar-refractivity contribution in [3.05, 3.63) is 45.5 Å². The van der Waals surface area contributed by atoms with Gasteiger partial charge in [0.2, 0.25) is 0 Å². The van der Waals surface area contributed by atoms with Gasteiger partial charge in [0.05, 0.1) is 4.92 Å². The summed E-state index contributed by atoms with van der Waals surface area (Å²) in [6, 6.07) is 4.99. The normalized spacial score (nSPS) is 37.1. The van der Waals surface area contributed by atoms with E-state index < -0.39 is 0 Å². The van der Waals surface area contributed by atoms with E-state index in [-0.39, 0.29) is 16.7 Å². The van der Waals surface area contributed by atoms with Crippen LogP contribution in [-0.4, -0.2) is 11.0 Å². The van der Waals surface area contributed by atoms with Gasteiger partial charge in [-0.3, -0.25) is 10.1 Å². The minimum atomic E-state index is -0.332. The third-order valence-electron chi connectivity index (χ3n) is 11.9. The fourth-order valence-electron chi connectivity index (χ4n) is 9.81. The van der Waals surface area contributed by atoms with Crippen molar-refractivity contribution in [2.45, 2.75) is 118 Å². The van der Waals surface area contributed by atoms with Crippen molar-refractivity contribution in [1.82, 2.24) is 0 Å². The summed E-state index contributed by atoms with van der Waals surface area (Å²) in [6.07, 6.45) is 17.2. The maximum atomic E-state index is 11.1. The zero-order valence-corrected chi connectivity index (χ0v) is 24.8. The molecule has 1 aromatic carbocycles. The summed E-state index contributed by atoms with van der Waals surface area (Å²) >= 11 is 0. The molecule has 0 aliphatic heterocycles. The van der Waals surface area contributed by atoms with E-state index in [4.69, 9.17) is 4.74 Å². The number of allylic oxidation sites excluding steroid dienone is 1. The van der Waals surface area contributed by atoms with Gasteiger partial charge in [0.1, 0.15) is 11.9 Å². The molecule has 0 spiro atoms. The van der Waals surface area contributed by atoms with E-state index in [1.807, 2.05) is 6.92 Å². The van der Waals surface area contributed by atoms with Gasteiger partial charge in [0.15, 0.2) is 0 Å². The molecular weight excluding hydrogens is 470 g/mol. The van der Waals surface area contributed by atoms with E-state index >= 15 is 0 Å². The predicted molar refractivity (Wildman–Crippen MR) is 155 cm³/mol. The number of nitro benzene ring substituents is 1. The van der Waals surface area contributed by atoms with Crippen molar-refractivity contribution < 1.29 is 9.66 Å². The first-order valence-corrected chi connectivity index (χ1v) is 15.6. The van der Waals surface area contributed by atoms with Crippen LogP contribution >= 0.6 is 0 Å². The van der Waals surface area contributed by atoms with E-state index in [1.54, 1.807) is 23.8 Å². The Morgan fingerprint density at radius 3 is 2.55 bits per heavy atom. The zero-order chi connectivity index (χ0) is 27.2. The molecule has 0 saturated heterocycles. The van der Waals surface area contributed by atoms with Gasteiger partial charge >= 0.3 is 0 Å². The molecule has 5 rings (SSSR count). The highest BCUT2D eigenvalue weighted by Gasteiger charge is 2.59. The lowest BCUT2D eigenvalue weighted by molar-refractivity contribution is -0.384. The minimum Gasteiger partial charge on any atom is -0.490 e. The molecule has 0 amide bonds. The summed E-state index contributed by atoms with van der Waals surface area (Å²) in [5.74, 6) is 5.96. The van der Waals surface area contributed by atoms with Crippen molar-refractivity contribution >= 4 is 5.69 Å². The lowest BCUT2D eigenvalue weighted by Crippen LogP contribution is -2.51. The van der Waals surface area contributed by atoms with Crippen molar-refractivity contribution in [2.75, 3.05) is 0 Å². The molecule has 0 unspecified atom stereocenters. The molecule has 0 N–H and O–H groups in total. The Kier molecular flexibility index (Phi) is 7.74. The first kappa shape index (κ1) is 27.7. The standard InChI is InChI=1S/C34H51NO3/c1-22(2)8-7-9-23(3)29-13-14-30-28-12-10-25-21-27(38-32-15-11-26(35(36)37)20-24(32)4)16-18-33(25,5)31(28)17-19-34(29,30)6/h10-11,15,20,22-23,27-31H,7-9,12-14,16-19,21H2,1-6H3/t23-,27+,28+,29-,30-,31-,33+,34-/m1/s1. The van der Waals surface area contributed by atoms with Crippen LogP contribution in [0.1, 0.15) is 111 Å². The second-order valence-corrected chi connectivity index (χ2v) is 14.5. The van der Waals surface area contributed by atoms with Gasteiger partial charge in [-0.1, -0.05) is 65.5 Å². The van der Waals surface area contributed by atoms with Crippen LogP contribution in [0.3, 0.4) is 0 Å². The Bertz CT molecular complexity index is 1060.